The highest BCUT2D eigenvalue weighted by Crippen LogP contribution is 2.06. The van der Waals surface area contributed by atoms with Gasteiger partial charge in [0.05, 0.1) is 6.61 Å². The third kappa shape index (κ3) is 4.73. The molecular weight excluding hydrogens is 240 g/mol. The van der Waals surface area contributed by atoms with E-state index in [1.807, 2.05) is 0 Å². The molecule has 0 heterocycles. The van der Waals surface area contributed by atoms with Crippen molar-refractivity contribution >= 4 is 11.9 Å². The van der Waals surface area contributed by atoms with E-state index in [9.17, 15) is 14.7 Å². The molecule has 0 radical (unpaired) electrons. The van der Waals surface area contributed by atoms with E-state index >= 15 is 0 Å². The molecule has 17 heavy (non-hydrogen) atoms. The van der Waals surface area contributed by atoms with E-state index in [0.717, 1.165) is 0 Å². The normalized spacial score (nSPS) is 18.0. The van der Waals surface area contributed by atoms with Crippen LogP contribution in [0.1, 0.15) is 0 Å². The van der Waals surface area contributed by atoms with Gasteiger partial charge in [-0.3, -0.25) is 0 Å². The van der Waals surface area contributed by atoms with Crippen LogP contribution < -0.4 is 0 Å². The summed E-state index contributed by atoms with van der Waals surface area (Å²) in [5.41, 5.74) is 0. The van der Waals surface area contributed by atoms with Gasteiger partial charge in [-0.15, -0.1) is 0 Å². The quantitative estimate of drug-likeness (QED) is 0.202. The molecule has 6 N–H and O–H groups in total. The van der Waals surface area contributed by atoms with E-state index in [0.29, 0.717) is 0 Å². The summed E-state index contributed by atoms with van der Waals surface area (Å²) in [5, 5.41) is 53.1. The Kier molecular flexibility index (Phi) is 6.80. The van der Waals surface area contributed by atoms with Crippen LogP contribution >= 0.6 is 0 Å². The van der Waals surface area contributed by atoms with E-state index in [-0.39, 0.29) is 0 Å². The predicted molar refractivity (Wildman–Crippen MR) is 49.3 cm³/mol. The molecule has 0 aromatic heterocycles. The number of rotatable bonds is 6. The fraction of sp³-hybridized carbons (Fsp3) is 0.750. The van der Waals surface area contributed by atoms with Crippen molar-refractivity contribution in [2.75, 3.05) is 13.2 Å². The number of ether oxygens (including phenoxy) is 1. The molecule has 0 amide bonds. The zero-order valence-electron chi connectivity index (χ0n) is 8.63. The smallest absolute Gasteiger partial charge is 0.345 e. The predicted octanol–water partition coefficient (Wildman–Crippen LogP) is -4.52. The van der Waals surface area contributed by atoms with Gasteiger partial charge in [-0.05, 0) is 0 Å². The van der Waals surface area contributed by atoms with Crippen LogP contribution in [0.2, 0.25) is 0 Å². The molecule has 100 valence electrons. The Morgan fingerprint density at radius 1 is 1.00 bits per heavy atom. The van der Waals surface area contributed by atoms with Crippen molar-refractivity contribution in [1.29, 1.82) is 0 Å². The zero-order chi connectivity index (χ0) is 13.6. The first-order chi connectivity index (χ1) is 7.84. The van der Waals surface area contributed by atoms with E-state index in [4.69, 9.17) is 25.5 Å². The van der Waals surface area contributed by atoms with Crippen molar-refractivity contribution in [1.82, 2.24) is 0 Å². The minimum absolute atomic E-state index is 0.907. The van der Waals surface area contributed by atoms with E-state index in [2.05, 4.69) is 4.74 Å². The summed E-state index contributed by atoms with van der Waals surface area (Å²) in [7, 11) is 0. The number of esters is 2. The monoisotopic (exact) mass is 254 g/mol. The second-order valence-corrected chi connectivity index (χ2v) is 3.13. The molecule has 0 rings (SSSR count). The summed E-state index contributed by atoms with van der Waals surface area (Å²) in [6, 6.07) is 0. The highest BCUT2D eigenvalue weighted by molar-refractivity contribution is 5.88. The van der Waals surface area contributed by atoms with Crippen molar-refractivity contribution in [2.24, 2.45) is 0 Å². The van der Waals surface area contributed by atoms with Gasteiger partial charge in [0.2, 0.25) is 0 Å². The standard InChI is InChI=1S/C8H14O9/c9-1-3(11)5(13)6(14)7(15)8(16)17-4(12)2-10/h3,5-7,9-11,13-15H,1-2H2/t3-,5-,6+,7-/m1/s1. The Morgan fingerprint density at radius 2 is 1.53 bits per heavy atom. The molecule has 0 aliphatic rings. The summed E-state index contributed by atoms with van der Waals surface area (Å²) in [6.45, 7) is -2.01. The minimum atomic E-state index is -2.30. The number of hydrogen-bond acceptors (Lipinski definition) is 9. The fourth-order valence-corrected chi connectivity index (χ4v) is 0.867. The number of hydrogen-bond donors (Lipinski definition) is 6. The van der Waals surface area contributed by atoms with E-state index < -0.39 is 49.6 Å². The Labute approximate surface area is 95.5 Å². The highest BCUT2D eigenvalue weighted by atomic mass is 16.6. The molecule has 0 saturated heterocycles. The molecule has 9 heteroatoms. The van der Waals surface area contributed by atoms with Crippen LogP contribution in [0.3, 0.4) is 0 Å². The van der Waals surface area contributed by atoms with Gasteiger partial charge in [0.25, 0.3) is 0 Å². The van der Waals surface area contributed by atoms with Gasteiger partial charge in [-0.2, -0.15) is 0 Å². The van der Waals surface area contributed by atoms with Crippen molar-refractivity contribution in [3.05, 3.63) is 0 Å². The lowest BCUT2D eigenvalue weighted by Crippen LogP contribution is -2.49. The summed E-state index contributed by atoms with van der Waals surface area (Å²) >= 11 is 0. The van der Waals surface area contributed by atoms with Crippen molar-refractivity contribution in [3.63, 3.8) is 0 Å². The molecular formula is C8H14O9. The molecule has 0 spiro atoms. The van der Waals surface area contributed by atoms with Gasteiger partial charge < -0.3 is 35.4 Å². The van der Waals surface area contributed by atoms with Crippen LogP contribution in [0.15, 0.2) is 0 Å². The maximum atomic E-state index is 10.9. The lowest BCUT2D eigenvalue weighted by molar-refractivity contribution is -0.178. The number of aliphatic hydroxyl groups is 6. The lowest BCUT2D eigenvalue weighted by atomic mass is 10.0. The second kappa shape index (κ2) is 7.27. The largest absolute Gasteiger partial charge is 0.394 e. The van der Waals surface area contributed by atoms with Gasteiger partial charge in [-0.25, -0.2) is 9.59 Å². The summed E-state index contributed by atoms with van der Waals surface area (Å²) in [5.74, 6) is -2.95. The Hall–Kier alpha value is -1.10. The Bertz CT molecular complexity index is 266. The molecule has 0 aliphatic carbocycles. The first-order valence-corrected chi connectivity index (χ1v) is 4.53. The van der Waals surface area contributed by atoms with Crippen LogP contribution in [0, 0.1) is 0 Å². The van der Waals surface area contributed by atoms with Gasteiger partial charge in [0.1, 0.15) is 24.9 Å². The topological polar surface area (TPSA) is 165 Å². The molecule has 4 atom stereocenters. The highest BCUT2D eigenvalue weighted by Gasteiger charge is 2.35. The van der Waals surface area contributed by atoms with Crippen molar-refractivity contribution < 1.29 is 45.0 Å². The maximum absolute atomic E-state index is 10.9. The van der Waals surface area contributed by atoms with Crippen LogP contribution in [-0.4, -0.2) is 80.2 Å². The van der Waals surface area contributed by atoms with Gasteiger partial charge >= 0.3 is 11.9 Å². The second-order valence-electron chi connectivity index (χ2n) is 3.13. The van der Waals surface area contributed by atoms with Gasteiger partial charge in [-0.1, -0.05) is 0 Å². The molecule has 0 bridgehead atoms. The first kappa shape index (κ1) is 15.9. The lowest BCUT2D eigenvalue weighted by Gasteiger charge is -2.23. The third-order valence-electron chi connectivity index (χ3n) is 1.84. The van der Waals surface area contributed by atoms with Crippen LogP contribution in [0.25, 0.3) is 0 Å². The van der Waals surface area contributed by atoms with E-state index in [1.165, 1.54) is 0 Å². The average Bonchev–Trinajstić information content (AvgIpc) is 2.34. The average molecular weight is 254 g/mol. The maximum Gasteiger partial charge on any atom is 0.345 e. The zero-order valence-corrected chi connectivity index (χ0v) is 8.63. The fourth-order valence-electron chi connectivity index (χ4n) is 0.867. The molecule has 0 aromatic rings. The van der Waals surface area contributed by atoms with E-state index in [1.54, 1.807) is 0 Å². The van der Waals surface area contributed by atoms with Gasteiger partial charge in [0, 0.05) is 0 Å². The molecule has 0 aromatic carbocycles. The molecule has 0 aliphatic heterocycles. The first-order valence-electron chi connectivity index (χ1n) is 4.53. The Balaban J connectivity index is 4.43. The number of carbonyl (C=O) groups is 2. The summed E-state index contributed by atoms with van der Waals surface area (Å²) in [4.78, 5) is 21.4. The van der Waals surface area contributed by atoms with Crippen LogP contribution in [-0.2, 0) is 14.3 Å². The summed E-state index contributed by atoms with van der Waals surface area (Å²) in [6.07, 6.45) is -8.24. The van der Waals surface area contributed by atoms with Crippen molar-refractivity contribution in [2.45, 2.75) is 24.4 Å². The molecule has 9 nitrogen and oxygen atoms in total. The third-order valence-corrected chi connectivity index (χ3v) is 1.84. The summed E-state index contributed by atoms with van der Waals surface area (Å²) < 4.78 is 3.85. The minimum Gasteiger partial charge on any atom is -0.394 e. The number of carbonyl (C=O) groups excluding carboxylic acids is 2. The van der Waals surface area contributed by atoms with Crippen LogP contribution in [0.5, 0.6) is 0 Å². The Morgan fingerprint density at radius 3 is 1.94 bits per heavy atom. The van der Waals surface area contributed by atoms with Crippen molar-refractivity contribution in [3.8, 4) is 0 Å². The SMILES string of the molecule is O=C(CO)OC(=O)[C@H](O)[C@@H](O)[C@H](O)[C@H](O)CO. The number of aliphatic hydroxyl groups excluding tert-OH is 6. The van der Waals surface area contributed by atoms with Gasteiger partial charge in [0.15, 0.2) is 6.10 Å². The molecule has 0 saturated carbocycles. The van der Waals surface area contributed by atoms with Crippen LogP contribution in [0.4, 0.5) is 0 Å². The molecule has 0 unspecified atom stereocenters. The molecule has 0 fully saturated rings.